The monoisotopic (exact) mass is 397 g/mol. The minimum absolute atomic E-state index is 0.255. The number of nitrogens with zero attached hydrogens (tertiary/aromatic N) is 3. The Morgan fingerprint density at radius 2 is 2.00 bits per heavy atom. The van der Waals surface area contributed by atoms with Crippen LogP contribution in [0.25, 0.3) is 5.70 Å². The summed E-state index contributed by atoms with van der Waals surface area (Å²) in [6.07, 6.45) is 8.95. The van der Waals surface area contributed by atoms with Gasteiger partial charge in [-0.15, -0.1) is 0 Å². The van der Waals surface area contributed by atoms with Gasteiger partial charge in [0.1, 0.15) is 11.4 Å². The van der Waals surface area contributed by atoms with Gasteiger partial charge in [-0.3, -0.25) is 0 Å². The zero-order valence-corrected chi connectivity index (χ0v) is 18.1. The second-order valence-corrected chi connectivity index (χ2v) is 7.99. The Labute approximate surface area is 173 Å². The molecule has 3 rings (SSSR count). The van der Waals surface area contributed by atoms with E-state index < -0.39 is 11.2 Å². The number of carbonyl (C=O) groups is 1. The molecule has 1 amide bonds. The van der Waals surface area contributed by atoms with Crippen LogP contribution in [0.5, 0.6) is 0 Å². The largest absolute Gasteiger partial charge is 0.479 e. The third-order valence-corrected chi connectivity index (χ3v) is 4.80. The van der Waals surface area contributed by atoms with Gasteiger partial charge in [0.2, 0.25) is 0 Å². The number of allylic oxidation sites excluding steroid dienone is 4. The van der Waals surface area contributed by atoms with Gasteiger partial charge in [0, 0.05) is 39.1 Å². The van der Waals surface area contributed by atoms with Crippen LogP contribution >= 0.6 is 0 Å². The number of nitriles is 1. The van der Waals surface area contributed by atoms with Gasteiger partial charge in [-0.05, 0) is 45.9 Å². The van der Waals surface area contributed by atoms with Crippen molar-refractivity contribution in [3.05, 3.63) is 54.6 Å². The fourth-order valence-electron chi connectivity index (χ4n) is 3.64. The van der Waals surface area contributed by atoms with Crippen molar-refractivity contribution in [1.82, 2.24) is 9.47 Å². The molecule has 0 bridgehead atoms. The molecule has 6 nitrogen and oxygen atoms in total. The molecule has 6 heteroatoms. The maximum Gasteiger partial charge on any atom is 0.410 e. The summed E-state index contributed by atoms with van der Waals surface area (Å²) in [5.74, 6) is 0.817. The molecule has 0 N–H and O–H groups in total. The lowest BCUT2D eigenvalue weighted by atomic mass is 9.86. The average Bonchev–Trinajstić information content (AvgIpc) is 3.13. The lowest BCUT2D eigenvalue weighted by Crippen LogP contribution is -2.49. The van der Waals surface area contributed by atoms with Gasteiger partial charge < -0.3 is 18.9 Å². The van der Waals surface area contributed by atoms with E-state index in [0.717, 1.165) is 30.0 Å². The second kappa shape index (κ2) is 9.04. The maximum atomic E-state index is 12.4. The molecule has 2 aliphatic rings. The zero-order valence-electron chi connectivity index (χ0n) is 18.1. The van der Waals surface area contributed by atoms with Crippen LogP contribution in [0.3, 0.4) is 0 Å². The third-order valence-electron chi connectivity index (χ3n) is 4.80. The van der Waals surface area contributed by atoms with Gasteiger partial charge in [-0.2, -0.15) is 5.26 Å². The summed E-state index contributed by atoms with van der Waals surface area (Å²) in [5, 5.41) is 7.32. The molecule has 0 aliphatic carbocycles. The molecule has 1 aromatic heterocycles. The van der Waals surface area contributed by atoms with Gasteiger partial charge in [0.05, 0.1) is 17.5 Å². The molecule has 1 spiro atoms. The van der Waals surface area contributed by atoms with Crippen LogP contribution < -0.4 is 0 Å². The number of amides is 1. The number of piperidine rings is 1. The molecule has 0 atom stereocenters. The van der Waals surface area contributed by atoms with Crippen molar-refractivity contribution in [2.45, 2.75) is 58.7 Å². The third kappa shape index (κ3) is 4.92. The molecule has 1 aromatic rings. The van der Waals surface area contributed by atoms with Crippen molar-refractivity contribution in [2.75, 3.05) is 13.1 Å². The lowest BCUT2D eigenvalue weighted by molar-refractivity contribution is -0.0616. The molecule has 0 unspecified atom stereocenters. The second-order valence-electron chi connectivity index (χ2n) is 7.99. The van der Waals surface area contributed by atoms with E-state index in [4.69, 9.17) is 14.7 Å². The van der Waals surface area contributed by atoms with Gasteiger partial charge in [0.15, 0.2) is 5.60 Å². The summed E-state index contributed by atoms with van der Waals surface area (Å²) in [6, 6.07) is 5.90. The van der Waals surface area contributed by atoms with Crippen molar-refractivity contribution in [2.24, 2.45) is 0 Å². The Balaban J connectivity index is 0.000000941. The summed E-state index contributed by atoms with van der Waals surface area (Å²) in [7, 11) is 0. The van der Waals surface area contributed by atoms with Crippen molar-refractivity contribution in [1.29, 1.82) is 5.26 Å². The number of hydrogen-bond acceptors (Lipinski definition) is 4. The van der Waals surface area contributed by atoms with Crippen molar-refractivity contribution in [3.8, 4) is 6.07 Å². The molecule has 0 saturated carbocycles. The molecule has 3 heterocycles. The van der Waals surface area contributed by atoms with Crippen LogP contribution in [-0.2, 0) is 15.1 Å². The van der Waals surface area contributed by atoms with Crippen molar-refractivity contribution < 1.29 is 14.3 Å². The topological polar surface area (TPSA) is 67.5 Å². The molecule has 0 aromatic carbocycles. The number of rotatable bonds is 1. The van der Waals surface area contributed by atoms with E-state index in [9.17, 15) is 4.79 Å². The summed E-state index contributed by atoms with van der Waals surface area (Å²) < 4.78 is 14.2. The number of carbonyl (C=O) groups excluding carboxylic acids is 1. The van der Waals surface area contributed by atoms with E-state index in [-0.39, 0.29) is 6.09 Å². The highest BCUT2D eigenvalue weighted by Gasteiger charge is 2.45. The van der Waals surface area contributed by atoms with Crippen molar-refractivity contribution in [3.63, 3.8) is 0 Å². The molecule has 1 saturated heterocycles. The van der Waals surface area contributed by atoms with E-state index in [0.29, 0.717) is 13.1 Å². The van der Waals surface area contributed by atoms with E-state index in [1.54, 1.807) is 17.0 Å². The van der Waals surface area contributed by atoms with Crippen LogP contribution in [0, 0.1) is 11.3 Å². The smallest absolute Gasteiger partial charge is 0.410 e. The Kier molecular flexibility index (Phi) is 6.97. The average molecular weight is 398 g/mol. The number of fused-ring (bicyclic) bond motifs is 2. The first-order chi connectivity index (χ1) is 13.7. The number of hydrogen-bond donors (Lipinski definition) is 0. The summed E-state index contributed by atoms with van der Waals surface area (Å²) >= 11 is 0. The van der Waals surface area contributed by atoms with Crippen molar-refractivity contribution >= 4 is 11.8 Å². The normalized spacial score (nSPS) is 20.2. The van der Waals surface area contributed by atoms with Crippen LogP contribution in [-0.4, -0.2) is 34.3 Å². The summed E-state index contributed by atoms with van der Waals surface area (Å²) in [5.41, 5.74) is 1.24. The number of ether oxygens (including phenoxy) is 2. The number of likely N-dealkylation sites (tertiary alicyclic amines) is 1. The van der Waals surface area contributed by atoms with Gasteiger partial charge >= 0.3 is 6.09 Å². The van der Waals surface area contributed by atoms with Crippen LogP contribution in [0.15, 0.2) is 48.9 Å². The van der Waals surface area contributed by atoms with Gasteiger partial charge in [-0.1, -0.05) is 18.7 Å². The first-order valence-electron chi connectivity index (χ1n) is 9.86. The highest BCUT2D eigenvalue weighted by atomic mass is 16.6. The lowest BCUT2D eigenvalue weighted by Gasteiger charge is -2.45. The number of aromatic nitrogens is 1. The van der Waals surface area contributed by atoms with Crippen LogP contribution in [0.2, 0.25) is 0 Å². The predicted octanol–water partition coefficient (Wildman–Crippen LogP) is 5.21. The quantitative estimate of drug-likeness (QED) is 0.653. The molecule has 0 radical (unpaired) electrons. The van der Waals surface area contributed by atoms with E-state index >= 15 is 0 Å². The minimum atomic E-state index is -0.483. The fourth-order valence-corrected chi connectivity index (χ4v) is 3.64. The Hall–Kier alpha value is -2.94. The molecular weight excluding hydrogens is 366 g/mol. The highest BCUT2D eigenvalue weighted by molar-refractivity contribution is 5.69. The molecule has 156 valence electrons. The molecule has 29 heavy (non-hydrogen) atoms. The minimum Gasteiger partial charge on any atom is -0.479 e. The fraction of sp³-hybridized carbons (Fsp3) is 0.478. The van der Waals surface area contributed by atoms with Gasteiger partial charge in [-0.25, -0.2) is 4.79 Å². The first kappa shape index (κ1) is 22.4. The first-order valence-corrected chi connectivity index (χ1v) is 9.86. The SMILES string of the molecule is C=C/C=C1/OC2(CCN(C(=O)OC(C)(C)C)CC2)c2cccn2/C1=C/C.CC#N. The molecule has 1 fully saturated rings. The molecule has 2 aliphatic heterocycles. The van der Waals surface area contributed by atoms with E-state index in [1.807, 2.05) is 45.9 Å². The van der Waals surface area contributed by atoms with E-state index in [1.165, 1.54) is 6.92 Å². The summed E-state index contributed by atoms with van der Waals surface area (Å²) in [4.78, 5) is 14.1. The standard InChI is InChI=1S/C21H28N2O3.C2H3N/c1-6-9-17-16(7-2)23-13-8-10-18(23)21(25-17)11-14-22(15-12-21)19(24)26-20(3,4)5;1-2-3/h6-10,13H,1,11-12,14-15H2,2-5H3;1H3/b16-7+,17-9+;. The summed E-state index contributed by atoms with van der Waals surface area (Å²) in [6.45, 7) is 14.1. The Morgan fingerprint density at radius 3 is 2.52 bits per heavy atom. The van der Waals surface area contributed by atoms with E-state index in [2.05, 4.69) is 23.4 Å². The highest BCUT2D eigenvalue weighted by Crippen LogP contribution is 2.45. The maximum absolute atomic E-state index is 12.4. The van der Waals surface area contributed by atoms with Gasteiger partial charge in [0.25, 0.3) is 0 Å². The van der Waals surface area contributed by atoms with Crippen LogP contribution in [0.1, 0.15) is 53.2 Å². The predicted molar refractivity (Wildman–Crippen MR) is 114 cm³/mol. The zero-order chi connectivity index (χ0) is 21.7. The molecular formula is C23H31N3O3. The Bertz CT molecular complexity index is 841. The Morgan fingerprint density at radius 1 is 1.38 bits per heavy atom. The van der Waals surface area contributed by atoms with Crippen LogP contribution in [0.4, 0.5) is 4.79 Å².